The van der Waals surface area contributed by atoms with Gasteiger partial charge in [-0.15, -0.1) is 0 Å². The number of aliphatic hydroxyl groups excluding tert-OH is 1. The van der Waals surface area contributed by atoms with Gasteiger partial charge in [0.2, 0.25) is 0 Å². The first-order valence-electron chi connectivity index (χ1n) is 9.14. The molecule has 0 bridgehead atoms. The third kappa shape index (κ3) is 3.64. The molecule has 7 heteroatoms. The SMILES string of the molecule is CN(CCO)C1(CNc2ccc([N+](=O)[O-])c3cnccc23)CCCCC1. The molecule has 0 saturated heterocycles. The van der Waals surface area contributed by atoms with Crippen LogP contribution in [0.4, 0.5) is 11.4 Å². The fraction of sp³-hybridized carbons (Fsp3) is 0.526. The Morgan fingerprint density at radius 3 is 2.73 bits per heavy atom. The standard InChI is InChI=1S/C19H26N4O3/c1-22(11-12-24)19(8-3-2-4-9-19)14-21-17-5-6-18(23(25)26)16-13-20-10-7-15(16)17/h5-7,10,13,21,24H,2-4,8-9,11-12,14H2,1H3. The summed E-state index contributed by atoms with van der Waals surface area (Å²) in [6.45, 7) is 1.54. The Hall–Kier alpha value is -2.25. The largest absolute Gasteiger partial charge is 0.395 e. The number of nitro benzene ring substituents is 1. The Morgan fingerprint density at radius 2 is 2.04 bits per heavy atom. The van der Waals surface area contributed by atoms with E-state index in [-0.39, 0.29) is 22.8 Å². The number of β-amino-alcohol motifs (C(OH)–C–C–N with tert-alkyl or cyclic N) is 1. The van der Waals surface area contributed by atoms with Crippen LogP contribution in [-0.2, 0) is 0 Å². The molecular weight excluding hydrogens is 332 g/mol. The normalized spacial score (nSPS) is 16.7. The van der Waals surface area contributed by atoms with Gasteiger partial charge in [-0.2, -0.15) is 0 Å². The molecule has 2 N–H and O–H groups in total. The van der Waals surface area contributed by atoms with Gasteiger partial charge in [0.1, 0.15) is 0 Å². The molecule has 0 radical (unpaired) electrons. The Kier molecular flexibility index (Phi) is 5.68. The lowest BCUT2D eigenvalue weighted by Gasteiger charge is -2.45. The van der Waals surface area contributed by atoms with E-state index in [1.165, 1.54) is 25.3 Å². The molecule has 1 aliphatic rings. The van der Waals surface area contributed by atoms with Crippen LogP contribution in [0.5, 0.6) is 0 Å². The van der Waals surface area contributed by atoms with E-state index in [9.17, 15) is 15.2 Å². The van der Waals surface area contributed by atoms with E-state index in [4.69, 9.17) is 0 Å². The van der Waals surface area contributed by atoms with E-state index < -0.39 is 0 Å². The zero-order valence-corrected chi connectivity index (χ0v) is 15.1. The van der Waals surface area contributed by atoms with Crippen LogP contribution in [0.2, 0.25) is 0 Å². The molecule has 0 amide bonds. The van der Waals surface area contributed by atoms with E-state index in [2.05, 4.69) is 22.2 Å². The Morgan fingerprint density at radius 1 is 1.27 bits per heavy atom. The lowest BCUT2D eigenvalue weighted by Crippen LogP contribution is -2.53. The van der Waals surface area contributed by atoms with Gasteiger partial charge in [-0.25, -0.2) is 0 Å². The predicted octanol–water partition coefficient (Wildman–Crippen LogP) is 3.18. The summed E-state index contributed by atoms with van der Waals surface area (Å²) in [5.41, 5.74) is 0.959. The monoisotopic (exact) mass is 358 g/mol. The molecule has 1 aromatic heterocycles. The summed E-state index contributed by atoms with van der Waals surface area (Å²) < 4.78 is 0. The number of fused-ring (bicyclic) bond motifs is 1. The van der Waals surface area contributed by atoms with Gasteiger partial charge in [0.05, 0.1) is 16.9 Å². The Balaban J connectivity index is 1.88. The molecule has 26 heavy (non-hydrogen) atoms. The highest BCUT2D eigenvalue weighted by atomic mass is 16.6. The van der Waals surface area contributed by atoms with Crippen LogP contribution >= 0.6 is 0 Å². The first-order valence-corrected chi connectivity index (χ1v) is 9.14. The van der Waals surface area contributed by atoms with Crippen molar-refractivity contribution in [2.75, 3.05) is 32.1 Å². The Labute approximate surface area is 153 Å². The van der Waals surface area contributed by atoms with Gasteiger partial charge in [-0.05, 0) is 32.0 Å². The molecule has 2 aromatic rings. The number of benzene rings is 1. The number of likely N-dealkylation sites (N-methyl/N-ethyl adjacent to an activating group) is 1. The predicted molar refractivity (Wildman–Crippen MR) is 102 cm³/mol. The maximum absolute atomic E-state index is 11.3. The number of rotatable bonds is 7. The molecule has 1 saturated carbocycles. The number of aliphatic hydroxyl groups is 1. The lowest BCUT2D eigenvalue weighted by atomic mass is 9.80. The summed E-state index contributed by atoms with van der Waals surface area (Å²) in [7, 11) is 2.07. The number of hydrogen-bond acceptors (Lipinski definition) is 6. The molecule has 1 aliphatic carbocycles. The summed E-state index contributed by atoms with van der Waals surface area (Å²) in [4.78, 5) is 17.2. The Bertz CT molecular complexity index is 774. The molecule has 0 unspecified atom stereocenters. The summed E-state index contributed by atoms with van der Waals surface area (Å²) in [5, 5.41) is 25.5. The van der Waals surface area contributed by atoms with Crippen molar-refractivity contribution in [1.29, 1.82) is 0 Å². The van der Waals surface area contributed by atoms with Crippen LogP contribution in [0.25, 0.3) is 10.8 Å². The third-order valence-electron chi connectivity index (χ3n) is 5.63. The van der Waals surface area contributed by atoms with E-state index in [0.717, 1.165) is 30.5 Å². The topological polar surface area (TPSA) is 91.5 Å². The molecule has 7 nitrogen and oxygen atoms in total. The van der Waals surface area contributed by atoms with Crippen molar-refractivity contribution < 1.29 is 10.0 Å². The number of nitro groups is 1. The first-order chi connectivity index (χ1) is 12.6. The lowest BCUT2D eigenvalue weighted by molar-refractivity contribution is -0.383. The van der Waals surface area contributed by atoms with Crippen molar-refractivity contribution >= 4 is 22.1 Å². The number of pyridine rings is 1. The number of hydrogen-bond donors (Lipinski definition) is 2. The maximum atomic E-state index is 11.3. The summed E-state index contributed by atoms with van der Waals surface area (Å²) >= 11 is 0. The van der Waals surface area contributed by atoms with Crippen LogP contribution in [0.15, 0.2) is 30.6 Å². The highest BCUT2D eigenvalue weighted by molar-refractivity contribution is 5.99. The molecule has 1 fully saturated rings. The van der Waals surface area contributed by atoms with Crippen molar-refractivity contribution in [2.24, 2.45) is 0 Å². The highest BCUT2D eigenvalue weighted by Gasteiger charge is 2.35. The third-order valence-corrected chi connectivity index (χ3v) is 5.63. The molecule has 1 aromatic carbocycles. The van der Waals surface area contributed by atoms with Crippen molar-refractivity contribution in [3.63, 3.8) is 0 Å². The number of anilines is 1. The smallest absolute Gasteiger partial charge is 0.278 e. The van der Waals surface area contributed by atoms with Crippen LogP contribution in [0.3, 0.4) is 0 Å². The number of aromatic nitrogens is 1. The van der Waals surface area contributed by atoms with Crippen molar-refractivity contribution in [2.45, 2.75) is 37.6 Å². The molecule has 0 aliphatic heterocycles. The maximum Gasteiger partial charge on any atom is 0.278 e. The number of nitrogens with one attached hydrogen (secondary N) is 1. The fourth-order valence-corrected chi connectivity index (χ4v) is 4.04. The molecule has 0 spiro atoms. The fourth-order valence-electron chi connectivity index (χ4n) is 4.04. The van der Waals surface area contributed by atoms with Gasteiger partial charge in [0.15, 0.2) is 0 Å². The van der Waals surface area contributed by atoms with Crippen LogP contribution in [0.1, 0.15) is 32.1 Å². The van der Waals surface area contributed by atoms with Gasteiger partial charge in [0, 0.05) is 48.2 Å². The van der Waals surface area contributed by atoms with Crippen molar-refractivity contribution in [3.8, 4) is 0 Å². The van der Waals surface area contributed by atoms with E-state index in [1.807, 2.05) is 6.07 Å². The minimum Gasteiger partial charge on any atom is -0.395 e. The molecule has 140 valence electrons. The number of non-ortho nitro benzene ring substituents is 1. The molecule has 0 atom stereocenters. The van der Waals surface area contributed by atoms with Crippen LogP contribution in [0, 0.1) is 10.1 Å². The zero-order valence-electron chi connectivity index (χ0n) is 15.1. The van der Waals surface area contributed by atoms with Crippen molar-refractivity contribution in [3.05, 3.63) is 40.7 Å². The van der Waals surface area contributed by atoms with E-state index >= 15 is 0 Å². The summed E-state index contributed by atoms with van der Waals surface area (Å²) in [5.74, 6) is 0. The van der Waals surface area contributed by atoms with E-state index in [1.54, 1.807) is 18.5 Å². The minimum absolute atomic E-state index is 0.00209. The molecular formula is C19H26N4O3. The average molecular weight is 358 g/mol. The zero-order chi connectivity index (χ0) is 18.6. The van der Waals surface area contributed by atoms with Crippen molar-refractivity contribution in [1.82, 2.24) is 9.88 Å². The van der Waals surface area contributed by atoms with Crippen LogP contribution in [-0.4, -0.2) is 52.2 Å². The second-order valence-electron chi connectivity index (χ2n) is 7.09. The van der Waals surface area contributed by atoms with Gasteiger partial charge < -0.3 is 10.4 Å². The molecule has 1 heterocycles. The first kappa shape index (κ1) is 18.5. The second kappa shape index (κ2) is 7.97. The minimum atomic E-state index is -0.370. The van der Waals surface area contributed by atoms with Gasteiger partial charge >= 0.3 is 0 Å². The van der Waals surface area contributed by atoms with E-state index in [0.29, 0.717) is 11.9 Å². The quantitative estimate of drug-likeness (QED) is 0.583. The van der Waals surface area contributed by atoms with Crippen LogP contribution < -0.4 is 5.32 Å². The van der Waals surface area contributed by atoms with Gasteiger partial charge in [-0.3, -0.25) is 20.0 Å². The highest BCUT2D eigenvalue weighted by Crippen LogP contribution is 2.35. The average Bonchev–Trinajstić information content (AvgIpc) is 2.66. The molecule has 3 rings (SSSR count). The number of nitrogens with zero attached hydrogens (tertiary/aromatic N) is 3. The van der Waals surface area contributed by atoms with Gasteiger partial charge in [0.25, 0.3) is 5.69 Å². The van der Waals surface area contributed by atoms with Gasteiger partial charge in [-0.1, -0.05) is 19.3 Å². The second-order valence-corrected chi connectivity index (χ2v) is 7.09. The summed E-state index contributed by atoms with van der Waals surface area (Å²) in [6.07, 6.45) is 9.00. The summed E-state index contributed by atoms with van der Waals surface area (Å²) in [6, 6.07) is 5.13.